The Labute approximate surface area is 166 Å². The van der Waals surface area contributed by atoms with Crippen molar-refractivity contribution < 1.29 is 19.0 Å². The molecule has 2 aromatic heterocycles. The lowest BCUT2D eigenvalue weighted by Crippen LogP contribution is -2.34. The van der Waals surface area contributed by atoms with Crippen LogP contribution in [0.5, 0.6) is 5.75 Å². The number of fused-ring (bicyclic) bond motifs is 1. The predicted molar refractivity (Wildman–Crippen MR) is 106 cm³/mol. The highest BCUT2D eigenvalue weighted by atomic mass is 32.1. The normalized spacial score (nSPS) is 13.4. The topological polar surface area (TPSA) is 73.8 Å². The summed E-state index contributed by atoms with van der Waals surface area (Å²) in [5, 5.41) is 0.549. The summed E-state index contributed by atoms with van der Waals surface area (Å²) in [6.07, 6.45) is 3.05. The summed E-state index contributed by atoms with van der Waals surface area (Å²) in [6.45, 7) is 3.03. The fourth-order valence-electron chi connectivity index (χ4n) is 2.87. The first-order chi connectivity index (χ1) is 13.7. The van der Waals surface area contributed by atoms with E-state index in [9.17, 15) is 4.79 Å². The molecule has 1 amide bonds. The summed E-state index contributed by atoms with van der Waals surface area (Å²) in [5.41, 5.74) is 2.55. The maximum atomic E-state index is 13.2. The van der Waals surface area contributed by atoms with Crippen LogP contribution in [0, 0.1) is 6.92 Å². The molecule has 0 bridgehead atoms. The van der Waals surface area contributed by atoms with Gasteiger partial charge >= 0.3 is 0 Å². The fourth-order valence-corrected chi connectivity index (χ4v) is 3.92. The molecule has 144 valence electrons. The molecule has 0 N–H and O–H groups in total. The molecule has 1 aromatic carbocycles. The predicted octanol–water partition coefficient (Wildman–Crippen LogP) is 3.43. The minimum Gasteiger partial charge on any atom is -0.494 e. The van der Waals surface area contributed by atoms with Crippen LogP contribution in [-0.2, 0) is 20.8 Å². The SMILES string of the molecule is COc1ccc(C)c2sc(N(Cc3ccccn3)C(=O)C3=COCCO3)nc12. The number of rotatable bonds is 5. The second kappa shape index (κ2) is 7.85. The molecular formula is C20H19N3O4S. The van der Waals surface area contributed by atoms with Crippen LogP contribution in [0.3, 0.4) is 0 Å². The van der Waals surface area contributed by atoms with Gasteiger partial charge in [0.05, 0.1) is 24.0 Å². The summed E-state index contributed by atoms with van der Waals surface area (Å²) >= 11 is 1.44. The van der Waals surface area contributed by atoms with Crippen LogP contribution < -0.4 is 9.64 Å². The first-order valence-electron chi connectivity index (χ1n) is 8.78. The molecule has 0 saturated heterocycles. The van der Waals surface area contributed by atoms with E-state index in [4.69, 9.17) is 19.2 Å². The van der Waals surface area contributed by atoms with E-state index in [1.165, 1.54) is 17.6 Å². The van der Waals surface area contributed by atoms with Crippen LogP contribution >= 0.6 is 11.3 Å². The smallest absolute Gasteiger partial charge is 0.298 e. The Kier molecular flexibility index (Phi) is 5.12. The summed E-state index contributed by atoms with van der Waals surface area (Å²) in [6, 6.07) is 9.45. The fraction of sp³-hybridized carbons (Fsp3) is 0.250. The number of amides is 1. The third-order valence-electron chi connectivity index (χ3n) is 4.29. The minimum absolute atomic E-state index is 0.158. The largest absolute Gasteiger partial charge is 0.494 e. The molecule has 0 fully saturated rings. The van der Waals surface area contributed by atoms with E-state index in [-0.39, 0.29) is 18.2 Å². The zero-order valence-electron chi connectivity index (χ0n) is 15.5. The molecule has 1 aliphatic rings. The number of aromatic nitrogens is 2. The Balaban J connectivity index is 1.78. The Morgan fingerprint density at radius 3 is 2.89 bits per heavy atom. The summed E-state index contributed by atoms with van der Waals surface area (Å²) in [7, 11) is 1.61. The molecule has 0 aliphatic carbocycles. The molecular weight excluding hydrogens is 378 g/mol. The Morgan fingerprint density at radius 1 is 1.29 bits per heavy atom. The van der Waals surface area contributed by atoms with Crippen molar-refractivity contribution in [1.82, 2.24) is 9.97 Å². The minimum atomic E-state index is -0.318. The second-order valence-corrected chi connectivity index (χ2v) is 7.15. The van der Waals surface area contributed by atoms with Gasteiger partial charge in [0.25, 0.3) is 5.91 Å². The monoisotopic (exact) mass is 397 g/mol. The highest BCUT2D eigenvalue weighted by Gasteiger charge is 2.27. The zero-order chi connectivity index (χ0) is 19.5. The zero-order valence-corrected chi connectivity index (χ0v) is 16.4. The van der Waals surface area contributed by atoms with E-state index in [0.717, 1.165) is 21.5 Å². The quantitative estimate of drug-likeness (QED) is 0.657. The lowest BCUT2D eigenvalue weighted by Gasteiger charge is -2.22. The summed E-state index contributed by atoms with van der Waals surface area (Å²) in [4.78, 5) is 23.8. The van der Waals surface area contributed by atoms with Gasteiger partial charge in [0.1, 0.15) is 30.7 Å². The van der Waals surface area contributed by atoms with E-state index >= 15 is 0 Å². The average molecular weight is 397 g/mol. The number of benzene rings is 1. The Morgan fingerprint density at radius 2 is 2.18 bits per heavy atom. The van der Waals surface area contributed by atoms with Gasteiger partial charge in [-0.2, -0.15) is 0 Å². The number of carbonyl (C=O) groups is 1. The van der Waals surface area contributed by atoms with Gasteiger partial charge in [-0.15, -0.1) is 0 Å². The van der Waals surface area contributed by atoms with Gasteiger partial charge in [0.2, 0.25) is 5.76 Å². The standard InChI is InChI=1S/C20H19N3O4S/c1-13-6-7-15(25-2)17-18(13)28-20(22-17)23(11-14-5-3-4-8-21-14)19(24)16-12-26-9-10-27-16/h3-8,12H,9-11H2,1-2H3. The van der Waals surface area contributed by atoms with Crippen LogP contribution in [0.4, 0.5) is 5.13 Å². The van der Waals surface area contributed by atoms with Crippen molar-refractivity contribution >= 4 is 32.6 Å². The third-order valence-corrected chi connectivity index (χ3v) is 5.51. The highest BCUT2D eigenvalue weighted by Crippen LogP contribution is 2.37. The molecule has 0 radical (unpaired) electrons. The van der Waals surface area contributed by atoms with E-state index in [0.29, 0.717) is 24.1 Å². The van der Waals surface area contributed by atoms with E-state index < -0.39 is 0 Å². The number of ether oxygens (including phenoxy) is 3. The molecule has 28 heavy (non-hydrogen) atoms. The van der Waals surface area contributed by atoms with Gasteiger partial charge < -0.3 is 14.2 Å². The second-order valence-electron chi connectivity index (χ2n) is 6.17. The number of aryl methyl sites for hydroxylation is 1. The number of nitrogens with zero attached hydrogens (tertiary/aromatic N) is 3. The van der Waals surface area contributed by atoms with Crippen molar-refractivity contribution in [3.8, 4) is 5.75 Å². The molecule has 4 rings (SSSR count). The van der Waals surface area contributed by atoms with Crippen molar-refractivity contribution in [1.29, 1.82) is 0 Å². The molecule has 0 unspecified atom stereocenters. The van der Waals surface area contributed by atoms with Crippen molar-refractivity contribution in [3.05, 3.63) is 59.8 Å². The number of anilines is 1. The van der Waals surface area contributed by atoms with Crippen molar-refractivity contribution in [2.75, 3.05) is 25.2 Å². The van der Waals surface area contributed by atoms with Crippen LogP contribution in [-0.4, -0.2) is 36.2 Å². The number of hydrogen-bond acceptors (Lipinski definition) is 7. The molecule has 3 aromatic rings. The Hall–Kier alpha value is -3.13. The molecule has 3 heterocycles. The third kappa shape index (κ3) is 3.50. The molecule has 8 heteroatoms. The van der Waals surface area contributed by atoms with E-state index in [1.807, 2.05) is 37.3 Å². The van der Waals surface area contributed by atoms with Crippen molar-refractivity contribution in [2.24, 2.45) is 0 Å². The summed E-state index contributed by atoms with van der Waals surface area (Å²) in [5.74, 6) is 0.510. The van der Waals surface area contributed by atoms with Gasteiger partial charge in [-0.1, -0.05) is 23.5 Å². The van der Waals surface area contributed by atoms with E-state index in [1.54, 1.807) is 18.2 Å². The van der Waals surface area contributed by atoms with Crippen molar-refractivity contribution in [2.45, 2.75) is 13.5 Å². The van der Waals surface area contributed by atoms with Crippen LogP contribution in [0.25, 0.3) is 10.2 Å². The maximum absolute atomic E-state index is 13.2. The number of methoxy groups -OCH3 is 1. The van der Waals surface area contributed by atoms with E-state index in [2.05, 4.69) is 4.98 Å². The van der Waals surface area contributed by atoms with Crippen LogP contribution in [0.2, 0.25) is 0 Å². The number of hydrogen-bond donors (Lipinski definition) is 0. The van der Waals surface area contributed by atoms with Gasteiger partial charge in [-0.3, -0.25) is 14.7 Å². The first-order valence-corrected chi connectivity index (χ1v) is 9.59. The molecule has 7 nitrogen and oxygen atoms in total. The Bertz CT molecular complexity index is 1030. The van der Waals surface area contributed by atoms with Gasteiger partial charge in [-0.05, 0) is 30.7 Å². The first kappa shape index (κ1) is 18.2. The number of carbonyl (C=O) groups excluding carboxylic acids is 1. The molecule has 1 aliphatic heterocycles. The highest BCUT2D eigenvalue weighted by molar-refractivity contribution is 7.22. The van der Waals surface area contributed by atoms with Crippen LogP contribution in [0.15, 0.2) is 48.5 Å². The lowest BCUT2D eigenvalue weighted by atomic mass is 10.2. The average Bonchev–Trinajstić information content (AvgIpc) is 3.19. The lowest BCUT2D eigenvalue weighted by molar-refractivity contribution is -0.120. The number of thiazole rings is 1. The van der Waals surface area contributed by atoms with Gasteiger partial charge in [0.15, 0.2) is 5.13 Å². The van der Waals surface area contributed by atoms with Gasteiger partial charge in [-0.25, -0.2) is 4.98 Å². The van der Waals surface area contributed by atoms with Crippen molar-refractivity contribution in [3.63, 3.8) is 0 Å². The van der Waals surface area contributed by atoms with Crippen LogP contribution in [0.1, 0.15) is 11.3 Å². The maximum Gasteiger partial charge on any atom is 0.298 e. The number of pyridine rings is 1. The summed E-state index contributed by atoms with van der Waals surface area (Å²) < 4.78 is 17.2. The molecule has 0 spiro atoms. The molecule has 0 saturated carbocycles. The molecule has 0 atom stereocenters. The van der Waals surface area contributed by atoms with Gasteiger partial charge in [0, 0.05) is 6.20 Å².